The molecule has 0 saturated carbocycles. The van der Waals surface area contributed by atoms with Gasteiger partial charge in [-0.15, -0.1) is 0 Å². The summed E-state index contributed by atoms with van der Waals surface area (Å²) in [4.78, 5) is 10.5. The number of nitrogens with one attached hydrogen (secondary N) is 1. The fourth-order valence-corrected chi connectivity index (χ4v) is 2.02. The minimum Gasteiger partial charge on any atom is -0.368 e. The number of hydrogen-bond acceptors (Lipinski definition) is 4. The van der Waals surface area contributed by atoms with Crippen molar-refractivity contribution in [2.45, 2.75) is 25.3 Å². The lowest BCUT2D eigenvalue weighted by atomic mass is 10.0. The first kappa shape index (κ1) is 10.4. The zero-order chi connectivity index (χ0) is 10.5. The van der Waals surface area contributed by atoms with Gasteiger partial charge in [-0.05, 0) is 32.5 Å². The van der Waals surface area contributed by atoms with Crippen LogP contribution in [0.2, 0.25) is 0 Å². The highest BCUT2D eigenvalue weighted by Crippen LogP contribution is 2.15. The summed E-state index contributed by atoms with van der Waals surface area (Å²) in [5.74, 6) is 0.920. The number of nitrogens with zero attached hydrogens (tertiary/aromatic N) is 3. The van der Waals surface area contributed by atoms with Gasteiger partial charge >= 0.3 is 0 Å². The molecule has 2 heterocycles. The highest BCUT2D eigenvalue weighted by Gasteiger charge is 2.18. The Balaban J connectivity index is 1.82. The molecule has 1 N–H and O–H groups in total. The molecule has 4 heteroatoms. The Bertz CT molecular complexity index is 288. The van der Waals surface area contributed by atoms with Crippen LogP contribution in [-0.2, 0) is 0 Å². The third-order valence-corrected chi connectivity index (χ3v) is 3.02. The van der Waals surface area contributed by atoms with Crippen LogP contribution in [0.3, 0.4) is 0 Å². The van der Waals surface area contributed by atoms with E-state index in [2.05, 4.69) is 27.2 Å². The van der Waals surface area contributed by atoms with Crippen molar-refractivity contribution >= 4 is 5.82 Å². The Morgan fingerprint density at radius 2 is 2.47 bits per heavy atom. The second kappa shape index (κ2) is 5.07. The SMILES string of the molecule is CN1CCCCC1CNc1ccncn1. The van der Waals surface area contributed by atoms with Crippen molar-refractivity contribution in [3.8, 4) is 0 Å². The number of piperidine rings is 1. The Morgan fingerprint density at radius 3 is 3.20 bits per heavy atom. The molecule has 0 radical (unpaired) electrons. The maximum absolute atomic E-state index is 4.15. The van der Waals surface area contributed by atoms with E-state index >= 15 is 0 Å². The molecule has 0 aromatic carbocycles. The third kappa shape index (κ3) is 2.89. The van der Waals surface area contributed by atoms with Gasteiger partial charge < -0.3 is 10.2 Å². The molecule has 1 saturated heterocycles. The average molecular weight is 206 g/mol. The van der Waals surface area contributed by atoms with Crippen molar-refractivity contribution in [3.05, 3.63) is 18.6 Å². The van der Waals surface area contributed by atoms with Gasteiger partial charge in [0.05, 0.1) is 0 Å². The predicted molar refractivity (Wildman–Crippen MR) is 60.8 cm³/mol. The largest absolute Gasteiger partial charge is 0.368 e. The Labute approximate surface area is 90.7 Å². The summed E-state index contributed by atoms with van der Waals surface area (Å²) in [6.45, 7) is 2.20. The topological polar surface area (TPSA) is 41.0 Å². The minimum absolute atomic E-state index is 0.647. The fraction of sp³-hybridized carbons (Fsp3) is 0.636. The number of anilines is 1. The standard InChI is InChI=1S/C11H18N4/c1-15-7-3-2-4-10(15)8-13-11-5-6-12-9-14-11/h5-6,9-10H,2-4,7-8H2,1H3,(H,12,13,14). The molecule has 1 aromatic heterocycles. The molecule has 0 spiro atoms. The summed E-state index contributed by atoms with van der Waals surface area (Å²) in [6.07, 6.45) is 7.31. The maximum atomic E-state index is 4.15. The van der Waals surface area contributed by atoms with Crippen LogP contribution in [0.1, 0.15) is 19.3 Å². The van der Waals surface area contributed by atoms with Gasteiger partial charge in [-0.1, -0.05) is 6.42 Å². The molecular formula is C11H18N4. The third-order valence-electron chi connectivity index (χ3n) is 3.02. The van der Waals surface area contributed by atoms with Crippen LogP contribution < -0.4 is 5.32 Å². The van der Waals surface area contributed by atoms with E-state index in [0.29, 0.717) is 6.04 Å². The highest BCUT2D eigenvalue weighted by atomic mass is 15.2. The Morgan fingerprint density at radius 1 is 1.53 bits per heavy atom. The number of rotatable bonds is 3. The van der Waals surface area contributed by atoms with Gasteiger partial charge in [-0.25, -0.2) is 9.97 Å². The van der Waals surface area contributed by atoms with Crippen LogP contribution >= 0.6 is 0 Å². The van der Waals surface area contributed by atoms with E-state index < -0.39 is 0 Å². The molecule has 1 aliphatic rings. The summed E-state index contributed by atoms with van der Waals surface area (Å²) >= 11 is 0. The van der Waals surface area contributed by atoms with Gasteiger partial charge in [0.25, 0.3) is 0 Å². The number of likely N-dealkylation sites (tertiary alicyclic amines) is 1. The van der Waals surface area contributed by atoms with Crippen LogP contribution in [0.5, 0.6) is 0 Å². The minimum atomic E-state index is 0.647. The molecule has 1 aliphatic heterocycles. The van der Waals surface area contributed by atoms with E-state index in [1.54, 1.807) is 12.5 Å². The van der Waals surface area contributed by atoms with Crippen LogP contribution in [-0.4, -0.2) is 41.0 Å². The van der Waals surface area contributed by atoms with Gasteiger partial charge in [0.1, 0.15) is 12.1 Å². The van der Waals surface area contributed by atoms with Crippen molar-refractivity contribution < 1.29 is 0 Å². The molecule has 0 aliphatic carbocycles. The van der Waals surface area contributed by atoms with E-state index in [9.17, 15) is 0 Å². The van der Waals surface area contributed by atoms with Gasteiger partial charge in [-0.2, -0.15) is 0 Å². The molecule has 2 rings (SSSR count). The molecular weight excluding hydrogens is 188 g/mol. The molecule has 15 heavy (non-hydrogen) atoms. The van der Waals surface area contributed by atoms with Crippen molar-refractivity contribution in [1.29, 1.82) is 0 Å². The van der Waals surface area contributed by atoms with Crippen LogP contribution in [0.25, 0.3) is 0 Å². The summed E-state index contributed by atoms with van der Waals surface area (Å²) in [5, 5.41) is 3.35. The maximum Gasteiger partial charge on any atom is 0.129 e. The molecule has 4 nitrogen and oxygen atoms in total. The first-order valence-corrected chi connectivity index (χ1v) is 5.56. The number of likely N-dealkylation sites (N-methyl/N-ethyl adjacent to an activating group) is 1. The number of hydrogen-bond donors (Lipinski definition) is 1. The molecule has 1 aromatic rings. The lowest BCUT2D eigenvalue weighted by Gasteiger charge is -2.32. The van der Waals surface area contributed by atoms with Gasteiger partial charge in [-0.3, -0.25) is 0 Å². The van der Waals surface area contributed by atoms with E-state index in [1.807, 2.05) is 6.07 Å². The lowest BCUT2D eigenvalue weighted by Crippen LogP contribution is -2.40. The van der Waals surface area contributed by atoms with Crippen molar-refractivity contribution in [2.24, 2.45) is 0 Å². The summed E-state index contributed by atoms with van der Waals surface area (Å²) in [7, 11) is 2.20. The Hall–Kier alpha value is -1.16. The van der Waals surface area contributed by atoms with Crippen LogP contribution in [0, 0.1) is 0 Å². The van der Waals surface area contributed by atoms with Crippen molar-refractivity contribution in [3.63, 3.8) is 0 Å². The van der Waals surface area contributed by atoms with Crippen LogP contribution in [0.4, 0.5) is 5.82 Å². The summed E-state index contributed by atoms with van der Waals surface area (Å²) in [6, 6.07) is 2.55. The normalized spacial score (nSPS) is 22.6. The lowest BCUT2D eigenvalue weighted by molar-refractivity contribution is 0.194. The highest BCUT2D eigenvalue weighted by molar-refractivity contribution is 5.31. The van der Waals surface area contributed by atoms with E-state index in [1.165, 1.54) is 25.8 Å². The zero-order valence-corrected chi connectivity index (χ0v) is 9.19. The molecule has 1 atom stereocenters. The molecule has 1 unspecified atom stereocenters. The van der Waals surface area contributed by atoms with Gasteiger partial charge in [0, 0.05) is 18.8 Å². The van der Waals surface area contributed by atoms with E-state index in [-0.39, 0.29) is 0 Å². The molecule has 82 valence electrons. The fourth-order valence-electron chi connectivity index (χ4n) is 2.02. The monoisotopic (exact) mass is 206 g/mol. The van der Waals surface area contributed by atoms with Crippen molar-refractivity contribution in [1.82, 2.24) is 14.9 Å². The van der Waals surface area contributed by atoms with E-state index in [4.69, 9.17) is 0 Å². The quantitative estimate of drug-likeness (QED) is 0.811. The molecule has 0 bridgehead atoms. The van der Waals surface area contributed by atoms with Gasteiger partial charge in [0.2, 0.25) is 0 Å². The average Bonchev–Trinajstić information content (AvgIpc) is 2.29. The number of aromatic nitrogens is 2. The van der Waals surface area contributed by atoms with E-state index in [0.717, 1.165) is 12.4 Å². The predicted octanol–water partition coefficient (Wildman–Crippen LogP) is 1.37. The van der Waals surface area contributed by atoms with Gasteiger partial charge in [0.15, 0.2) is 0 Å². The summed E-state index contributed by atoms with van der Waals surface area (Å²) < 4.78 is 0. The first-order chi connectivity index (χ1) is 7.36. The Kier molecular flexibility index (Phi) is 3.50. The van der Waals surface area contributed by atoms with Crippen LogP contribution in [0.15, 0.2) is 18.6 Å². The second-order valence-electron chi connectivity index (χ2n) is 4.11. The zero-order valence-electron chi connectivity index (χ0n) is 9.19. The first-order valence-electron chi connectivity index (χ1n) is 5.56. The smallest absolute Gasteiger partial charge is 0.129 e. The van der Waals surface area contributed by atoms with Crippen molar-refractivity contribution in [2.75, 3.05) is 25.5 Å². The molecule has 1 fully saturated rings. The second-order valence-corrected chi connectivity index (χ2v) is 4.11. The summed E-state index contributed by atoms with van der Waals surface area (Å²) in [5.41, 5.74) is 0. The molecule has 0 amide bonds.